The molecule has 0 spiro atoms. The largest absolute Gasteiger partial charge is 0.496 e. The Kier molecular flexibility index (Phi) is 4.97. The van der Waals surface area contributed by atoms with Crippen LogP contribution in [-0.4, -0.2) is 19.3 Å². The molecule has 1 aromatic rings. The minimum absolute atomic E-state index is 0.278. The smallest absolute Gasteiger partial charge is 0.122 e. The van der Waals surface area contributed by atoms with E-state index in [2.05, 4.69) is 13.0 Å². The summed E-state index contributed by atoms with van der Waals surface area (Å²) in [5, 5.41) is 0. The summed E-state index contributed by atoms with van der Waals surface area (Å²) < 4.78 is 10.9. The molecule has 1 rings (SSSR count). The molecule has 0 amide bonds. The van der Waals surface area contributed by atoms with E-state index in [1.165, 1.54) is 5.56 Å². The summed E-state index contributed by atoms with van der Waals surface area (Å²) in [6, 6.07) is 6.15. The molecule has 0 aliphatic carbocycles. The predicted molar refractivity (Wildman–Crippen MR) is 70.3 cm³/mol. The third-order valence-corrected chi connectivity index (χ3v) is 2.47. The van der Waals surface area contributed by atoms with Crippen molar-refractivity contribution >= 4 is 0 Å². The molecule has 3 nitrogen and oxygen atoms in total. The Morgan fingerprint density at radius 1 is 1.29 bits per heavy atom. The van der Waals surface area contributed by atoms with Crippen LogP contribution in [0.25, 0.3) is 0 Å². The van der Waals surface area contributed by atoms with Crippen molar-refractivity contribution < 1.29 is 9.47 Å². The molecular weight excluding hydrogens is 214 g/mol. The molecule has 0 bridgehead atoms. The van der Waals surface area contributed by atoms with E-state index in [-0.39, 0.29) is 5.54 Å². The van der Waals surface area contributed by atoms with Crippen LogP contribution >= 0.6 is 0 Å². The van der Waals surface area contributed by atoms with Crippen molar-refractivity contribution in [3.63, 3.8) is 0 Å². The molecule has 3 heteroatoms. The van der Waals surface area contributed by atoms with Crippen LogP contribution in [0.2, 0.25) is 0 Å². The molecule has 0 radical (unpaired) electrons. The topological polar surface area (TPSA) is 44.5 Å². The van der Waals surface area contributed by atoms with Gasteiger partial charge in [0.15, 0.2) is 0 Å². The Labute approximate surface area is 104 Å². The fourth-order valence-corrected chi connectivity index (χ4v) is 1.63. The highest BCUT2D eigenvalue weighted by atomic mass is 16.5. The lowest BCUT2D eigenvalue weighted by Gasteiger charge is -2.18. The van der Waals surface area contributed by atoms with Gasteiger partial charge in [-0.2, -0.15) is 0 Å². The van der Waals surface area contributed by atoms with Gasteiger partial charge in [0.05, 0.1) is 20.3 Å². The maximum absolute atomic E-state index is 5.86. The second kappa shape index (κ2) is 6.03. The highest BCUT2D eigenvalue weighted by molar-refractivity contribution is 5.37. The minimum Gasteiger partial charge on any atom is -0.496 e. The quantitative estimate of drug-likeness (QED) is 0.826. The van der Waals surface area contributed by atoms with E-state index in [1.807, 2.05) is 26.0 Å². The summed E-state index contributed by atoms with van der Waals surface area (Å²) in [4.78, 5) is 0. The molecule has 0 unspecified atom stereocenters. The zero-order chi connectivity index (χ0) is 12.9. The number of aryl methyl sites for hydroxylation is 1. The third-order valence-electron chi connectivity index (χ3n) is 2.47. The second-order valence-corrected chi connectivity index (χ2v) is 4.98. The first-order valence-corrected chi connectivity index (χ1v) is 5.98. The maximum atomic E-state index is 5.86. The molecular formula is C14H23NO2. The van der Waals surface area contributed by atoms with E-state index in [4.69, 9.17) is 15.2 Å². The fraction of sp³-hybridized carbons (Fsp3) is 0.571. The lowest BCUT2D eigenvalue weighted by Crippen LogP contribution is -2.37. The highest BCUT2D eigenvalue weighted by Gasteiger charge is 2.10. The van der Waals surface area contributed by atoms with Crippen LogP contribution in [0.3, 0.4) is 0 Å². The molecule has 0 aromatic heterocycles. The number of nitrogens with two attached hydrogens (primary N) is 1. The standard InChI is InChI=1S/C14H23NO2/c1-5-12-8-11(6-7-13(12)16-4)9-17-10-14(2,3)15/h6-8H,5,9-10,15H2,1-4H3. The number of hydrogen-bond donors (Lipinski definition) is 1. The Bertz CT molecular complexity index is 356. The molecule has 0 saturated heterocycles. The average Bonchev–Trinajstić information content (AvgIpc) is 2.27. The Morgan fingerprint density at radius 2 is 2.00 bits per heavy atom. The summed E-state index contributed by atoms with van der Waals surface area (Å²) in [5.74, 6) is 0.940. The fourth-order valence-electron chi connectivity index (χ4n) is 1.63. The number of hydrogen-bond acceptors (Lipinski definition) is 3. The zero-order valence-electron chi connectivity index (χ0n) is 11.2. The van der Waals surface area contributed by atoms with Gasteiger partial charge in [0.1, 0.15) is 5.75 Å². The minimum atomic E-state index is -0.278. The normalized spacial score (nSPS) is 11.6. The molecule has 0 aliphatic rings. The van der Waals surface area contributed by atoms with Gasteiger partial charge in [0.2, 0.25) is 0 Å². The second-order valence-electron chi connectivity index (χ2n) is 4.98. The van der Waals surface area contributed by atoms with Gasteiger partial charge in [-0.05, 0) is 43.5 Å². The first-order valence-electron chi connectivity index (χ1n) is 5.98. The van der Waals surface area contributed by atoms with E-state index >= 15 is 0 Å². The molecule has 2 N–H and O–H groups in total. The summed E-state index contributed by atoms with van der Waals surface area (Å²) in [7, 11) is 1.70. The molecule has 0 fully saturated rings. The van der Waals surface area contributed by atoms with Gasteiger partial charge < -0.3 is 15.2 Å². The molecule has 17 heavy (non-hydrogen) atoms. The number of benzene rings is 1. The van der Waals surface area contributed by atoms with Crippen LogP contribution in [-0.2, 0) is 17.8 Å². The number of rotatable bonds is 6. The SMILES string of the molecule is CCc1cc(COCC(C)(C)N)ccc1OC. The van der Waals surface area contributed by atoms with E-state index in [1.54, 1.807) is 7.11 Å². The first-order chi connectivity index (χ1) is 7.96. The summed E-state index contributed by atoms with van der Waals surface area (Å²) in [6.45, 7) is 7.18. The van der Waals surface area contributed by atoms with Crippen LogP contribution in [0.1, 0.15) is 31.9 Å². The molecule has 96 valence electrons. The molecule has 0 atom stereocenters. The average molecular weight is 237 g/mol. The predicted octanol–water partition coefficient (Wildman–Crippen LogP) is 2.51. The number of methoxy groups -OCH3 is 1. The van der Waals surface area contributed by atoms with Gasteiger partial charge in [-0.25, -0.2) is 0 Å². The molecule has 0 aliphatic heterocycles. The van der Waals surface area contributed by atoms with E-state index in [9.17, 15) is 0 Å². The molecule has 0 heterocycles. The van der Waals surface area contributed by atoms with Crippen molar-refractivity contribution in [3.05, 3.63) is 29.3 Å². The first kappa shape index (κ1) is 14.0. The Morgan fingerprint density at radius 3 is 2.53 bits per heavy atom. The van der Waals surface area contributed by atoms with E-state index in [0.717, 1.165) is 17.7 Å². The van der Waals surface area contributed by atoms with Crippen molar-refractivity contribution in [2.45, 2.75) is 39.3 Å². The van der Waals surface area contributed by atoms with Crippen molar-refractivity contribution in [2.24, 2.45) is 5.73 Å². The van der Waals surface area contributed by atoms with Crippen LogP contribution in [0, 0.1) is 0 Å². The van der Waals surface area contributed by atoms with E-state index < -0.39 is 0 Å². The molecule has 1 aromatic carbocycles. The zero-order valence-corrected chi connectivity index (χ0v) is 11.2. The van der Waals surface area contributed by atoms with Gasteiger partial charge in [-0.3, -0.25) is 0 Å². The monoisotopic (exact) mass is 237 g/mol. The van der Waals surface area contributed by atoms with Crippen molar-refractivity contribution in [3.8, 4) is 5.75 Å². The van der Waals surface area contributed by atoms with Crippen LogP contribution < -0.4 is 10.5 Å². The van der Waals surface area contributed by atoms with Crippen molar-refractivity contribution in [2.75, 3.05) is 13.7 Å². The van der Waals surface area contributed by atoms with Crippen molar-refractivity contribution in [1.82, 2.24) is 0 Å². The third kappa shape index (κ3) is 4.75. The highest BCUT2D eigenvalue weighted by Crippen LogP contribution is 2.20. The maximum Gasteiger partial charge on any atom is 0.122 e. The van der Waals surface area contributed by atoms with Crippen LogP contribution in [0.15, 0.2) is 18.2 Å². The van der Waals surface area contributed by atoms with Crippen molar-refractivity contribution in [1.29, 1.82) is 0 Å². The summed E-state index contributed by atoms with van der Waals surface area (Å²) in [6.07, 6.45) is 0.958. The Hall–Kier alpha value is -1.06. The van der Waals surface area contributed by atoms with Gasteiger partial charge in [-0.15, -0.1) is 0 Å². The van der Waals surface area contributed by atoms with Crippen LogP contribution in [0.4, 0.5) is 0 Å². The van der Waals surface area contributed by atoms with Gasteiger partial charge >= 0.3 is 0 Å². The van der Waals surface area contributed by atoms with Gasteiger partial charge in [-0.1, -0.05) is 13.0 Å². The van der Waals surface area contributed by atoms with E-state index in [0.29, 0.717) is 13.2 Å². The Balaban J connectivity index is 2.60. The summed E-state index contributed by atoms with van der Waals surface area (Å²) >= 11 is 0. The van der Waals surface area contributed by atoms with Gasteiger partial charge in [0.25, 0.3) is 0 Å². The lowest BCUT2D eigenvalue weighted by molar-refractivity contribution is 0.0850. The van der Waals surface area contributed by atoms with Gasteiger partial charge in [0, 0.05) is 5.54 Å². The summed E-state index contributed by atoms with van der Waals surface area (Å²) in [5.41, 5.74) is 7.95. The molecule has 0 saturated carbocycles. The van der Waals surface area contributed by atoms with Crippen LogP contribution in [0.5, 0.6) is 5.75 Å². The lowest BCUT2D eigenvalue weighted by atomic mass is 10.1. The number of ether oxygens (including phenoxy) is 2.